The average Bonchev–Trinajstić information content (AvgIpc) is 1.78. The molecule has 0 aromatic carbocycles. The molecule has 0 aliphatic heterocycles. The second-order valence-corrected chi connectivity index (χ2v) is 11.4. The summed E-state index contributed by atoms with van der Waals surface area (Å²) in [6.45, 7) is 5.06. The fourth-order valence-electron chi connectivity index (χ4n) is 1.38. The Morgan fingerprint density at radius 3 is 2.36 bits per heavy atom. The Morgan fingerprint density at radius 1 is 1.36 bits per heavy atom. The summed E-state index contributed by atoms with van der Waals surface area (Å²) in [7, 11) is 3.46. The Balaban J connectivity index is 2.25. The first-order valence-corrected chi connectivity index (χ1v) is 9.81. The molecule has 0 nitrogen and oxygen atoms in total. The van der Waals surface area contributed by atoms with Gasteiger partial charge >= 0.3 is 0 Å². The Labute approximate surface area is 79.0 Å². The minimum Gasteiger partial charge on any atom is -0.0940 e. The van der Waals surface area contributed by atoms with E-state index in [-0.39, 0.29) is 0 Å². The standard InChI is InChI=1S/C8H18PS2/c1-9(2,7-11-10-3)8-5-4-6-8/h8H,4-7H2,1-3H3/q+1. The van der Waals surface area contributed by atoms with Gasteiger partial charge in [0, 0.05) is 20.6 Å². The van der Waals surface area contributed by atoms with Crippen molar-refractivity contribution < 1.29 is 0 Å². The number of hydrogen-bond acceptors (Lipinski definition) is 2. The highest BCUT2D eigenvalue weighted by Crippen LogP contribution is 2.64. The van der Waals surface area contributed by atoms with E-state index in [0.717, 1.165) is 5.66 Å². The molecular formula is C8H18PS2+. The van der Waals surface area contributed by atoms with Crippen LogP contribution in [0.1, 0.15) is 19.3 Å². The predicted octanol–water partition coefficient (Wildman–Crippen LogP) is 3.78. The maximum Gasteiger partial charge on any atom is 0.114 e. The third kappa shape index (κ3) is 2.82. The summed E-state index contributed by atoms with van der Waals surface area (Å²) in [5.41, 5.74) is 2.56. The zero-order chi connectivity index (χ0) is 8.32. The summed E-state index contributed by atoms with van der Waals surface area (Å²) >= 11 is 0. The van der Waals surface area contributed by atoms with Crippen LogP contribution in [0.3, 0.4) is 0 Å². The summed E-state index contributed by atoms with van der Waals surface area (Å²) in [6.07, 6.45) is 6.73. The van der Waals surface area contributed by atoms with Crippen LogP contribution in [0.15, 0.2) is 0 Å². The maximum atomic E-state index is 2.53. The van der Waals surface area contributed by atoms with Crippen LogP contribution in [0.2, 0.25) is 0 Å². The lowest BCUT2D eigenvalue weighted by molar-refractivity contribution is 0.511. The summed E-state index contributed by atoms with van der Waals surface area (Å²) in [6, 6.07) is 0. The molecule has 11 heavy (non-hydrogen) atoms. The van der Waals surface area contributed by atoms with Crippen molar-refractivity contribution in [2.45, 2.75) is 24.9 Å². The molecule has 1 aliphatic carbocycles. The molecule has 3 heteroatoms. The number of rotatable bonds is 4. The van der Waals surface area contributed by atoms with Crippen LogP contribution >= 0.6 is 28.9 Å². The normalized spacial score (nSPS) is 19.9. The van der Waals surface area contributed by atoms with Crippen molar-refractivity contribution in [3.05, 3.63) is 0 Å². The van der Waals surface area contributed by atoms with Crippen molar-refractivity contribution in [3.8, 4) is 0 Å². The lowest BCUT2D eigenvalue weighted by Gasteiger charge is -2.33. The van der Waals surface area contributed by atoms with E-state index >= 15 is 0 Å². The topological polar surface area (TPSA) is 0 Å². The van der Waals surface area contributed by atoms with Crippen LogP contribution < -0.4 is 0 Å². The quantitative estimate of drug-likeness (QED) is 0.510. The van der Waals surface area contributed by atoms with Crippen LogP contribution in [0.4, 0.5) is 0 Å². The third-order valence-electron chi connectivity index (χ3n) is 2.57. The highest BCUT2D eigenvalue weighted by Gasteiger charge is 2.39. The fraction of sp³-hybridized carbons (Fsp3) is 1.00. The first-order valence-electron chi connectivity index (χ1n) is 4.15. The zero-order valence-electron chi connectivity index (χ0n) is 7.67. The second-order valence-electron chi connectivity index (χ2n) is 3.78. The number of hydrogen-bond donors (Lipinski definition) is 0. The summed E-state index contributed by atoms with van der Waals surface area (Å²) in [5, 5.41) is 0. The van der Waals surface area contributed by atoms with Crippen molar-refractivity contribution in [2.75, 3.05) is 25.1 Å². The molecule has 0 heterocycles. The molecule has 0 amide bonds. The van der Waals surface area contributed by atoms with Gasteiger partial charge in [-0.2, -0.15) is 0 Å². The van der Waals surface area contributed by atoms with Crippen LogP contribution in [-0.2, 0) is 0 Å². The van der Waals surface area contributed by atoms with Crippen LogP contribution in [-0.4, -0.2) is 30.7 Å². The van der Waals surface area contributed by atoms with Gasteiger partial charge in [-0.3, -0.25) is 0 Å². The smallest absolute Gasteiger partial charge is 0.0940 e. The Hall–Kier alpha value is 1.13. The van der Waals surface area contributed by atoms with E-state index in [1.165, 1.54) is 24.8 Å². The Kier molecular flexibility index (Phi) is 4.08. The molecule has 1 aliphatic rings. The van der Waals surface area contributed by atoms with E-state index < -0.39 is 7.26 Å². The molecule has 0 aromatic heterocycles. The molecule has 0 bridgehead atoms. The van der Waals surface area contributed by atoms with Gasteiger partial charge in [0.2, 0.25) is 0 Å². The van der Waals surface area contributed by atoms with Gasteiger partial charge < -0.3 is 0 Å². The van der Waals surface area contributed by atoms with E-state index in [4.69, 9.17) is 0 Å². The minimum atomic E-state index is -0.521. The molecule has 1 rings (SSSR count). The molecule has 1 fully saturated rings. The highest BCUT2D eigenvalue weighted by molar-refractivity contribution is 8.77. The Bertz CT molecular complexity index is 121. The van der Waals surface area contributed by atoms with Crippen molar-refractivity contribution >= 4 is 28.9 Å². The molecule has 1 saturated carbocycles. The SMILES string of the molecule is CSSC[P+](C)(C)C1CCC1. The minimum absolute atomic E-state index is 0.521. The van der Waals surface area contributed by atoms with Crippen molar-refractivity contribution in [2.24, 2.45) is 0 Å². The molecule has 0 radical (unpaired) electrons. The molecule has 0 N–H and O–H groups in total. The largest absolute Gasteiger partial charge is 0.114 e. The van der Waals surface area contributed by atoms with Crippen molar-refractivity contribution in [1.82, 2.24) is 0 Å². The third-order valence-corrected chi connectivity index (χ3v) is 10.0. The lowest BCUT2D eigenvalue weighted by atomic mass is 10.00. The van der Waals surface area contributed by atoms with Gasteiger partial charge in [0.15, 0.2) is 0 Å². The van der Waals surface area contributed by atoms with Crippen LogP contribution in [0.5, 0.6) is 0 Å². The van der Waals surface area contributed by atoms with E-state index in [1.807, 2.05) is 10.8 Å². The van der Waals surface area contributed by atoms with Gasteiger partial charge in [-0.25, -0.2) is 0 Å². The van der Waals surface area contributed by atoms with Gasteiger partial charge in [-0.1, -0.05) is 21.6 Å². The van der Waals surface area contributed by atoms with Crippen molar-refractivity contribution in [1.29, 1.82) is 0 Å². The Morgan fingerprint density at radius 2 is 2.00 bits per heavy atom. The molecule has 0 saturated heterocycles. The zero-order valence-corrected chi connectivity index (χ0v) is 10.2. The van der Waals surface area contributed by atoms with E-state index in [2.05, 4.69) is 30.4 Å². The first kappa shape index (κ1) is 10.2. The first-order chi connectivity index (χ1) is 5.17. The van der Waals surface area contributed by atoms with Crippen LogP contribution in [0, 0.1) is 0 Å². The summed E-state index contributed by atoms with van der Waals surface area (Å²) in [4.78, 5) is 0. The molecule has 0 aromatic rings. The van der Waals surface area contributed by atoms with E-state index in [9.17, 15) is 0 Å². The fourth-order valence-corrected chi connectivity index (χ4v) is 8.89. The monoisotopic (exact) mass is 209 g/mol. The predicted molar refractivity (Wildman–Crippen MR) is 62.4 cm³/mol. The molecule has 66 valence electrons. The molecule has 0 unspecified atom stereocenters. The van der Waals surface area contributed by atoms with E-state index in [1.54, 1.807) is 0 Å². The lowest BCUT2D eigenvalue weighted by Crippen LogP contribution is -2.21. The molecule has 0 spiro atoms. The van der Waals surface area contributed by atoms with Gasteiger partial charge in [0.25, 0.3) is 0 Å². The van der Waals surface area contributed by atoms with Crippen LogP contribution in [0.25, 0.3) is 0 Å². The highest BCUT2D eigenvalue weighted by atomic mass is 33.1. The van der Waals surface area contributed by atoms with Gasteiger partial charge in [0.05, 0.1) is 5.66 Å². The van der Waals surface area contributed by atoms with Crippen molar-refractivity contribution in [3.63, 3.8) is 0 Å². The second kappa shape index (κ2) is 4.39. The summed E-state index contributed by atoms with van der Waals surface area (Å²) in [5.74, 6) is 0. The van der Waals surface area contributed by atoms with Gasteiger partial charge in [-0.05, 0) is 25.5 Å². The average molecular weight is 209 g/mol. The van der Waals surface area contributed by atoms with Gasteiger partial charge in [0.1, 0.15) is 5.49 Å². The molecular weight excluding hydrogens is 191 g/mol. The van der Waals surface area contributed by atoms with Gasteiger partial charge in [-0.15, -0.1) is 0 Å². The molecule has 0 atom stereocenters. The van der Waals surface area contributed by atoms with E-state index in [0.29, 0.717) is 0 Å². The summed E-state index contributed by atoms with van der Waals surface area (Å²) < 4.78 is 0. The maximum absolute atomic E-state index is 2.53.